The summed E-state index contributed by atoms with van der Waals surface area (Å²) >= 11 is 5.85. The molecule has 0 bridgehead atoms. The highest BCUT2D eigenvalue weighted by Gasteiger charge is 2.30. The van der Waals surface area contributed by atoms with Crippen LogP contribution in [0, 0.1) is 5.92 Å². The van der Waals surface area contributed by atoms with Gasteiger partial charge in [-0.2, -0.15) is 0 Å². The van der Waals surface area contributed by atoms with E-state index >= 15 is 0 Å². The van der Waals surface area contributed by atoms with Crippen molar-refractivity contribution in [3.63, 3.8) is 0 Å². The van der Waals surface area contributed by atoms with Crippen LogP contribution in [0.4, 0.5) is 0 Å². The molecule has 1 atom stereocenters. The third kappa shape index (κ3) is 4.47. The van der Waals surface area contributed by atoms with Crippen LogP contribution in [-0.2, 0) is 4.79 Å². The first-order valence-electron chi connectivity index (χ1n) is 7.63. The zero-order valence-corrected chi connectivity index (χ0v) is 14.1. The van der Waals surface area contributed by atoms with Crippen LogP contribution in [0.1, 0.15) is 44.0 Å². The minimum absolute atomic E-state index is 0.0288. The molecule has 120 valence electrons. The Morgan fingerprint density at radius 3 is 2.45 bits per heavy atom. The fraction of sp³-hybridized carbons (Fsp3) is 0.529. The molecule has 1 unspecified atom stereocenters. The summed E-state index contributed by atoms with van der Waals surface area (Å²) in [6.07, 6.45) is 1.67. The molecule has 0 saturated carbocycles. The fourth-order valence-electron chi connectivity index (χ4n) is 2.62. The lowest BCUT2D eigenvalue weighted by Crippen LogP contribution is -2.49. The van der Waals surface area contributed by atoms with Crippen LogP contribution in [0.3, 0.4) is 0 Å². The van der Waals surface area contributed by atoms with Crippen molar-refractivity contribution in [3.8, 4) is 0 Å². The van der Waals surface area contributed by atoms with Gasteiger partial charge in [0, 0.05) is 29.2 Å². The van der Waals surface area contributed by atoms with Crippen molar-refractivity contribution in [2.24, 2.45) is 5.92 Å². The number of nitrogens with one attached hydrogen (secondary N) is 1. The molecule has 2 rings (SSSR count). The highest BCUT2D eigenvalue weighted by atomic mass is 35.5. The van der Waals surface area contributed by atoms with E-state index in [9.17, 15) is 9.59 Å². The van der Waals surface area contributed by atoms with Crippen LogP contribution in [0.2, 0.25) is 5.02 Å². The van der Waals surface area contributed by atoms with E-state index in [-0.39, 0.29) is 23.3 Å². The summed E-state index contributed by atoms with van der Waals surface area (Å²) in [6, 6.07) is 6.87. The predicted molar refractivity (Wildman–Crippen MR) is 88.0 cm³/mol. The van der Waals surface area contributed by atoms with Gasteiger partial charge in [-0.25, -0.2) is 0 Å². The summed E-state index contributed by atoms with van der Waals surface area (Å²) in [6.45, 7) is 7.06. The Labute approximate surface area is 136 Å². The number of hydrogen-bond acceptors (Lipinski definition) is 2. The maximum absolute atomic E-state index is 12.5. The molecule has 1 aromatic carbocycles. The van der Waals surface area contributed by atoms with Crippen LogP contribution >= 0.6 is 11.6 Å². The highest BCUT2D eigenvalue weighted by Crippen LogP contribution is 2.20. The number of amides is 2. The van der Waals surface area contributed by atoms with E-state index in [0.717, 1.165) is 12.8 Å². The number of hydrogen-bond donors (Lipinski definition) is 1. The van der Waals surface area contributed by atoms with Crippen molar-refractivity contribution in [1.82, 2.24) is 10.2 Å². The Kier molecular flexibility index (Phi) is 5.12. The van der Waals surface area contributed by atoms with E-state index in [1.54, 1.807) is 29.2 Å². The van der Waals surface area contributed by atoms with Crippen LogP contribution in [0.25, 0.3) is 0 Å². The maximum Gasteiger partial charge on any atom is 0.253 e. The number of carbonyl (C=O) groups is 2. The van der Waals surface area contributed by atoms with Crippen molar-refractivity contribution in [3.05, 3.63) is 34.9 Å². The van der Waals surface area contributed by atoms with E-state index in [1.165, 1.54) is 0 Å². The normalized spacial score (nSPS) is 18.9. The molecule has 2 amide bonds. The Hall–Kier alpha value is -1.55. The number of carbonyl (C=O) groups excluding carboxylic acids is 2. The number of nitrogens with zero attached hydrogens (tertiary/aromatic N) is 1. The van der Waals surface area contributed by atoms with E-state index in [2.05, 4.69) is 5.32 Å². The second kappa shape index (κ2) is 6.69. The number of piperidine rings is 1. The van der Waals surface area contributed by atoms with Gasteiger partial charge in [0.2, 0.25) is 5.91 Å². The molecule has 1 aliphatic rings. The van der Waals surface area contributed by atoms with E-state index in [1.807, 2.05) is 20.8 Å². The minimum atomic E-state index is -0.250. The fourth-order valence-corrected chi connectivity index (χ4v) is 2.75. The minimum Gasteiger partial charge on any atom is -0.351 e. The average molecular weight is 323 g/mol. The number of likely N-dealkylation sites (tertiary alicyclic amines) is 1. The topological polar surface area (TPSA) is 49.4 Å². The lowest BCUT2D eigenvalue weighted by atomic mass is 9.95. The van der Waals surface area contributed by atoms with Crippen molar-refractivity contribution in [1.29, 1.82) is 0 Å². The van der Waals surface area contributed by atoms with Gasteiger partial charge in [0.05, 0.1) is 5.92 Å². The molecule has 1 aliphatic heterocycles. The first kappa shape index (κ1) is 16.8. The quantitative estimate of drug-likeness (QED) is 0.909. The lowest BCUT2D eigenvalue weighted by Gasteiger charge is -2.33. The van der Waals surface area contributed by atoms with Crippen LogP contribution in [0.5, 0.6) is 0 Å². The van der Waals surface area contributed by atoms with Crippen molar-refractivity contribution >= 4 is 23.4 Å². The number of halogens is 1. The molecule has 1 heterocycles. The SMILES string of the molecule is CC(C)(C)NC(=O)C1CCCN(C(=O)c2ccc(Cl)cc2)C1. The number of benzene rings is 1. The third-order valence-electron chi connectivity index (χ3n) is 3.67. The van der Waals surface area contributed by atoms with Gasteiger partial charge in [0.1, 0.15) is 0 Å². The maximum atomic E-state index is 12.5. The zero-order chi connectivity index (χ0) is 16.3. The molecule has 1 fully saturated rings. The van der Waals surface area contributed by atoms with Gasteiger partial charge in [-0.05, 0) is 57.9 Å². The van der Waals surface area contributed by atoms with Gasteiger partial charge in [-0.3, -0.25) is 9.59 Å². The molecule has 1 aromatic rings. The van der Waals surface area contributed by atoms with Crippen LogP contribution < -0.4 is 5.32 Å². The predicted octanol–water partition coefficient (Wildman–Crippen LogP) is 3.11. The number of rotatable bonds is 2. The van der Waals surface area contributed by atoms with E-state index < -0.39 is 0 Å². The van der Waals surface area contributed by atoms with Crippen molar-refractivity contribution in [2.45, 2.75) is 39.2 Å². The molecular formula is C17H23ClN2O2. The zero-order valence-electron chi connectivity index (χ0n) is 13.4. The van der Waals surface area contributed by atoms with Gasteiger partial charge >= 0.3 is 0 Å². The average Bonchev–Trinajstić information content (AvgIpc) is 2.46. The van der Waals surface area contributed by atoms with Gasteiger partial charge in [0.25, 0.3) is 5.91 Å². The van der Waals surface area contributed by atoms with Crippen LogP contribution in [0.15, 0.2) is 24.3 Å². The standard InChI is InChI=1S/C17H23ClN2O2/c1-17(2,3)19-15(21)13-5-4-10-20(11-13)16(22)12-6-8-14(18)9-7-12/h6-9,13H,4-5,10-11H2,1-3H3,(H,19,21). The summed E-state index contributed by atoms with van der Waals surface area (Å²) in [7, 11) is 0. The largest absolute Gasteiger partial charge is 0.351 e. The molecule has 0 spiro atoms. The molecule has 5 heteroatoms. The molecule has 22 heavy (non-hydrogen) atoms. The van der Waals surface area contributed by atoms with Gasteiger partial charge < -0.3 is 10.2 Å². The molecule has 0 aromatic heterocycles. The molecular weight excluding hydrogens is 300 g/mol. The van der Waals surface area contributed by atoms with E-state index in [0.29, 0.717) is 23.7 Å². The summed E-state index contributed by atoms with van der Waals surface area (Å²) in [5, 5.41) is 3.61. The Bertz CT molecular complexity index is 549. The monoisotopic (exact) mass is 322 g/mol. The first-order chi connectivity index (χ1) is 10.3. The second-order valence-corrected chi connectivity index (χ2v) is 7.27. The summed E-state index contributed by atoms with van der Waals surface area (Å²) in [5.74, 6) is -0.143. The Morgan fingerprint density at radius 1 is 1.23 bits per heavy atom. The summed E-state index contributed by atoms with van der Waals surface area (Å²) in [4.78, 5) is 26.6. The third-order valence-corrected chi connectivity index (χ3v) is 3.92. The smallest absolute Gasteiger partial charge is 0.253 e. The molecule has 1 saturated heterocycles. The molecule has 1 N–H and O–H groups in total. The van der Waals surface area contributed by atoms with Gasteiger partial charge in [0.15, 0.2) is 0 Å². The molecule has 4 nitrogen and oxygen atoms in total. The summed E-state index contributed by atoms with van der Waals surface area (Å²) < 4.78 is 0. The van der Waals surface area contributed by atoms with Crippen molar-refractivity contribution in [2.75, 3.05) is 13.1 Å². The van der Waals surface area contributed by atoms with E-state index in [4.69, 9.17) is 11.6 Å². The van der Waals surface area contributed by atoms with Gasteiger partial charge in [-0.15, -0.1) is 0 Å². The Morgan fingerprint density at radius 2 is 1.86 bits per heavy atom. The highest BCUT2D eigenvalue weighted by molar-refractivity contribution is 6.30. The van der Waals surface area contributed by atoms with Crippen LogP contribution in [-0.4, -0.2) is 35.3 Å². The lowest BCUT2D eigenvalue weighted by molar-refractivity contribution is -0.127. The second-order valence-electron chi connectivity index (χ2n) is 6.84. The van der Waals surface area contributed by atoms with Gasteiger partial charge in [-0.1, -0.05) is 11.6 Å². The first-order valence-corrected chi connectivity index (χ1v) is 8.01. The summed E-state index contributed by atoms with van der Waals surface area (Å²) in [5.41, 5.74) is 0.362. The molecule has 0 radical (unpaired) electrons. The van der Waals surface area contributed by atoms with Crippen molar-refractivity contribution < 1.29 is 9.59 Å². The molecule has 0 aliphatic carbocycles. The Balaban J connectivity index is 2.02.